The van der Waals surface area contributed by atoms with Crippen molar-refractivity contribution >= 4 is 16.0 Å². The zero-order chi connectivity index (χ0) is 14.8. The Balaban J connectivity index is 2.47. The summed E-state index contributed by atoms with van der Waals surface area (Å²) in [6, 6.07) is 5.42. The van der Waals surface area contributed by atoms with E-state index in [1.165, 1.54) is 28.6 Å². The molecule has 0 amide bonds. The van der Waals surface area contributed by atoms with E-state index in [1.54, 1.807) is 0 Å². The number of hydrogen-bond acceptors (Lipinski definition) is 4. The molecule has 0 bridgehead atoms. The van der Waals surface area contributed by atoms with E-state index in [4.69, 9.17) is 9.84 Å². The number of morpholine rings is 1. The lowest BCUT2D eigenvalue weighted by Crippen LogP contribution is -2.48. The van der Waals surface area contributed by atoms with Crippen LogP contribution >= 0.6 is 0 Å². The standard InChI is InChI=1S/C13H17NO5S/c1-2-10-9-19-8-7-14(10)20(17,18)12-6-4-3-5-11(12)13(15)16/h3-6,10H,2,7-9H2,1H3,(H,15,16). The van der Waals surface area contributed by atoms with Gasteiger partial charge in [-0.15, -0.1) is 0 Å². The van der Waals surface area contributed by atoms with Crippen molar-refractivity contribution in [2.75, 3.05) is 19.8 Å². The molecular formula is C13H17NO5S. The number of rotatable bonds is 4. The summed E-state index contributed by atoms with van der Waals surface area (Å²) in [7, 11) is -3.83. The molecule has 1 unspecified atom stereocenters. The van der Waals surface area contributed by atoms with Crippen molar-refractivity contribution < 1.29 is 23.1 Å². The van der Waals surface area contributed by atoms with Gasteiger partial charge in [0.2, 0.25) is 10.0 Å². The molecule has 1 aromatic rings. The molecule has 7 heteroatoms. The number of nitrogens with zero attached hydrogens (tertiary/aromatic N) is 1. The molecule has 0 aromatic heterocycles. The minimum Gasteiger partial charge on any atom is -0.478 e. The van der Waals surface area contributed by atoms with Crippen LogP contribution in [0.15, 0.2) is 29.2 Å². The van der Waals surface area contributed by atoms with Crippen molar-refractivity contribution in [1.29, 1.82) is 0 Å². The van der Waals surface area contributed by atoms with E-state index in [0.29, 0.717) is 19.6 Å². The third-order valence-electron chi connectivity index (χ3n) is 3.35. The zero-order valence-electron chi connectivity index (χ0n) is 11.2. The predicted octanol–water partition coefficient (Wildman–Crippen LogP) is 1.18. The van der Waals surface area contributed by atoms with Crippen LogP contribution in [-0.2, 0) is 14.8 Å². The minimum atomic E-state index is -3.83. The first-order chi connectivity index (χ1) is 9.48. The van der Waals surface area contributed by atoms with Gasteiger partial charge in [0, 0.05) is 12.6 Å². The Morgan fingerprint density at radius 2 is 2.15 bits per heavy atom. The Labute approximate surface area is 118 Å². The fourth-order valence-electron chi connectivity index (χ4n) is 2.27. The highest BCUT2D eigenvalue weighted by molar-refractivity contribution is 7.89. The van der Waals surface area contributed by atoms with E-state index in [2.05, 4.69) is 0 Å². The van der Waals surface area contributed by atoms with Gasteiger partial charge in [-0.3, -0.25) is 0 Å². The number of aromatic carboxylic acids is 1. The van der Waals surface area contributed by atoms with Gasteiger partial charge in [0.15, 0.2) is 0 Å². The van der Waals surface area contributed by atoms with Gasteiger partial charge in [-0.25, -0.2) is 13.2 Å². The van der Waals surface area contributed by atoms with Gasteiger partial charge in [-0.2, -0.15) is 4.31 Å². The van der Waals surface area contributed by atoms with E-state index in [-0.39, 0.29) is 23.0 Å². The van der Waals surface area contributed by atoms with Gasteiger partial charge in [0.05, 0.1) is 23.7 Å². The van der Waals surface area contributed by atoms with Gasteiger partial charge >= 0.3 is 5.97 Å². The maximum absolute atomic E-state index is 12.7. The molecule has 1 fully saturated rings. The highest BCUT2D eigenvalue weighted by Crippen LogP contribution is 2.24. The van der Waals surface area contributed by atoms with Gasteiger partial charge in [-0.05, 0) is 18.6 Å². The lowest BCUT2D eigenvalue weighted by molar-refractivity contribution is 0.0313. The summed E-state index contributed by atoms with van der Waals surface area (Å²) in [5, 5.41) is 9.14. The van der Waals surface area contributed by atoms with Crippen LogP contribution in [-0.4, -0.2) is 49.6 Å². The second-order valence-electron chi connectivity index (χ2n) is 4.55. The fraction of sp³-hybridized carbons (Fsp3) is 0.462. The molecule has 110 valence electrons. The molecule has 0 aliphatic carbocycles. The Bertz CT molecular complexity index is 599. The third-order valence-corrected chi connectivity index (χ3v) is 5.36. The summed E-state index contributed by atoms with van der Waals surface area (Å²) in [5.41, 5.74) is -0.200. The molecule has 1 N–H and O–H groups in total. The van der Waals surface area contributed by atoms with Crippen LogP contribution in [0.2, 0.25) is 0 Å². The Morgan fingerprint density at radius 3 is 2.80 bits per heavy atom. The molecule has 6 nitrogen and oxygen atoms in total. The molecule has 0 radical (unpaired) electrons. The van der Waals surface area contributed by atoms with Crippen molar-refractivity contribution in [3.8, 4) is 0 Å². The monoisotopic (exact) mass is 299 g/mol. The summed E-state index contributed by atoms with van der Waals surface area (Å²) in [5.74, 6) is -1.24. The zero-order valence-corrected chi connectivity index (χ0v) is 12.0. The fourth-order valence-corrected chi connectivity index (χ4v) is 4.13. The summed E-state index contributed by atoms with van der Waals surface area (Å²) in [6.45, 7) is 2.79. The molecule has 1 aromatic carbocycles. The van der Waals surface area contributed by atoms with E-state index in [9.17, 15) is 13.2 Å². The number of carbonyl (C=O) groups is 1. The first-order valence-corrected chi connectivity index (χ1v) is 7.84. The molecular weight excluding hydrogens is 282 g/mol. The predicted molar refractivity (Wildman–Crippen MR) is 72.2 cm³/mol. The van der Waals surface area contributed by atoms with Gasteiger partial charge in [0.25, 0.3) is 0 Å². The van der Waals surface area contributed by atoms with Crippen molar-refractivity contribution in [2.24, 2.45) is 0 Å². The maximum atomic E-state index is 12.7. The van der Waals surface area contributed by atoms with E-state index >= 15 is 0 Å². The van der Waals surface area contributed by atoms with Crippen LogP contribution in [0.3, 0.4) is 0 Å². The van der Waals surface area contributed by atoms with Gasteiger partial charge in [-0.1, -0.05) is 19.1 Å². The average molecular weight is 299 g/mol. The number of carboxylic acids is 1. The second kappa shape index (κ2) is 5.90. The smallest absolute Gasteiger partial charge is 0.337 e. The Hall–Kier alpha value is -1.44. The third kappa shape index (κ3) is 2.70. The van der Waals surface area contributed by atoms with Gasteiger partial charge < -0.3 is 9.84 Å². The molecule has 1 aliphatic rings. The molecule has 0 saturated carbocycles. The number of carboxylic acid groups (broad SMARTS) is 1. The Morgan fingerprint density at radius 1 is 1.45 bits per heavy atom. The number of ether oxygens (including phenoxy) is 1. The number of hydrogen-bond donors (Lipinski definition) is 1. The van der Waals surface area contributed by atoms with Crippen LogP contribution < -0.4 is 0 Å². The minimum absolute atomic E-state index is 0.159. The van der Waals surface area contributed by atoms with Crippen LogP contribution in [0.5, 0.6) is 0 Å². The highest BCUT2D eigenvalue weighted by Gasteiger charge is 2.35. The molecule has 2 rings (SSSR count). The summed E-state index contributed by atoms with van der Waals surface area (Å²) in [6.07, 6.45) is 0.620. The molecule has 1 saturated heterocycles. The first-order valence-electron chi connectivity index (χ1n) is 6.40. The lowest BCUT2D eigenvalue weighted by atomic mass is 10.2. The van der Waals surface area contributed by atoms with Crippen LogP contribution in [0.25, 0.3) is 0 Å². The second-order valence-corrected chi connectivity index (χ2v) is 6.41. The summed E-state index contributed by atoms with van der Waals surface area (Å²) < 4.78 is 32.0. The largest absolute Gasteiger partial charge is 0.478 e. The quantitative estimate of drug-likeness (QED) is 0.902. The summed E-state index contributed by atoms with van der Waals surface area (Å²) in [4.78, 5) is 11.0. The van der Waals surface area contributed by atoms with E-state index in [0.717, 1.165) is 0 Å². The van der Waals surface area contributed by atoms with Crippen LogP contribution in [0.4, 0.5) is 0 Å². The SMILES string of the molecule is CCC1COCCN1S(=O)(=O)c1ccccc1C(=O)O. The van der Waals surface area contributed by atoms with Crippen molar-refractivity contribution in [3.63, 3.8) is 0 Å². The van der Waals surface area contributed by atoms with E-state index < -0.39 is 16.0 Å². The van der Waals surface area contributed by atoms with Crippen molar-refractivity contribution in [2.45, 2.75) is 24.3 Å². The molecule has 1 atom stereocenters. The molecule has 20 heavy (non-hydrogen) atoms. The number of sulfonamides is 1. The van der Waals surface area contributed by atoms with Crippen LogP contribution in [0, 0.1) is 0 Å². The summed E-state index contributed by atoms with van der Waals surface area (Å²) >= 11 is 0. The number of benzene rings is 1. The van der Waals surface area contributed by atoms with E-state index in [1.807, 2.05) is 6.92 Å². The molecule has 1 heterocycles. The first kappa shape index (κ1) is 15.0. The van der Waals surface area contributed by atoms with Crippen molar-refractivity contribution in [3.05, 3.63) is 29.8 Å². The maximum Gasteiger partial charge on any atom is 0.337 e. The Kier molecular flexibility index (Phi) is 4.42. The normalized spacial score (nSPS) is 20.8. The molecule has 1 aliphatic heterocycles. The van der Waals surface area contributed by atoms with Gasteiger partial charge in [0.1, 0.15) is 0 Å². The molecule has 0 spiro atoms. The lowest BCUT2D eigenvalue weighted by Gasteiger charge is -2.34. The van der Waals surface area contributed by atoms with Crippen molar-refractivity contribution in [1.82, 2.24) is 4.31 Å². The average Bonchev–Trinajstić information content (AvgIpc) is 2.47. The van der Waals surface area contributed by atoms with Crippen LogP contribution in [0.1, 0.15) is 23.7 Å². The highest BCUT2D eigenvalue weighted by atomic mass is 32.2. The topological polar surface area (TPSA) is 83.9 Å².